The zero-order chi connectivity index (χ0) is 17.5. The van der Waals surface area contributed by atoms with Crippen LogP contribution >= 0.6 is 22.9 Å². The zero-order valence-electron chi connectivity index (χ0n) is 14.3. The highest BCUT2D eigenvalue weighted by Crippen LogP contribution is 2.22. The molecule has 1 aromatic carbocycles. The van der Waals surface area contributed by atoms with Gasteiger partial charge in [0.2, 0.25) is 0 Å². The smallest absolute Gasteiger partial charge is 0.121 e. The number of hydrogen-bond acceptors (Lipinski definition) is 5. The van der Waals surface area contributed by atoms with Gasteiger partial charge in [-0.2, -0.15) is 5.10 Å². The Bertz CT molecular complexity index is 820. The maximum atomic E-state index is 5.26. The molecule has 3 aromatic rings. The van der Waals surface area contributed by atoms with Crippen LogP contribution in [0, 0.1) is 0 Å². The molecule has 0 aliphatic heterocycles. The Morgan fingerprint density at radius 3 is 2.84 bits per heavy atom. The van der Waals surface area contributed by atoms with Crippen LogP contribution in [0.15, 0.2) is 36.8 Å². The summed E-state index contributed by atoms with van der Waals surface area (Å²) in [4.78, 5) is 9.18. The molecule has 7 heteroatoms. The molecule has 0 saturated heterocycles. The van der Waals surface area contributed by atoms with Crippen LogP contribution < -0.4 is 8.27 Å². The first-order valence-corrected chi connectivity index (χ1v) is 9.55. The molecular weight excluding hydrogens is 429 g/mol. The lowest BCUT2D eigenvalue weighted by Gasteiger charge is -2.03. The van der Waals surface area contributed by atoms with E-state index in [9.17, 15) is 0 Å². The summed E-state index contributed by atoms with van der Waals surface area (Å²) < 4.78 is 10.4. The van der Waals surface area contributed by atoms with Crippen LogP contribution in [-0.2, 0) is 6.54 Å². The van der Waals surface area contributed by atoms with Gasteiger partial charge in [0.15, 0.2) is 0 Å². The fourth-order valence-corrected chi connectivity index (χ4v) is 3.08. The first-order valence-electron chi connectivity index (χ1n) is 8.47. The lowest BCUT2D eigenvalue weighted by Crippen LogP contribution is -2.01. The summed E-state index contributed by atoms with van der Waals surface area (Å²) in [6.07, 6.45) is 10.5. The van der Waals surface area contributed by atoms with E-state index >= 15 is 0 Å². The van der Waals surface area contributed by atoms with Crippen molar-refractivity contribution in [3.8, 4) is 17.0 Å². The van der Waals surface area contributed by atoms with E-state index in [1.54, 1.807) is 13.3 Å². The average molecular weight is 451 g/mol. The molecule has 0 unspecified atom stereocenters. The Labute approximate surface area is 161 Å². The topological polar surface area (TPSA) is 64.9 Å². The van der Waals surface area contributed by atoms with E-state index in [0.29, 0.717) is 0 Å². The number of nitrogens with zero attached hydrogens (tertiary/aromatic N) is 4. The minimum Gasteiger partial charge on any atom is -0.497 e. The predicted octanol–water partition coefficient (Wildman–Crippen LogP) is 4.00. The number of nitrogens with one attached hydrogen (secondary N) is 1. The average Bonchev–Trinajstić information content (AvgIpc) is 3.12. The van der Waals surface area contributed by atoms with Gasteiger partial charge in [0.05, 0.1) is 36.2 Å². The van der Waals surface area contributed by atoms with E-state index in [1.165, 1.54) is 19.3 Å². The van der Waals surface area contributed by atoms with E-state index in [2.05, 4.69) is 36.5 Å². The van der Waals surface area contributed by atoms with Crippen LogP contribution in [-0.4, -0.2) is 33.4 Å². The third-order valence-electron chi connectivity index (χ3n) is 4.09. The van der Waals surface area contributed by atoms with Crippen LogP contribution in [0.4, 0.5) is 0 Å². The highest BCUT2D eigenvalue weighted by molar-refractivity contribution is 14.1. The van der Waals surface area contributed by atoms with Gasteiger partial charge in [-0.15, -0.1) is 0 Å². The second-order valence-corrected chi connectivity index (χ2v) is 6.66. The number of benzene rings is 1. The van der Waals surface area contributed by atoms with Crippen molar-refractivity contribution in [3.05, 3.63) is 36.8 Å². The second-order valence-electron chi connectivity index (χ2n) is 5.90. The number of hydrogen-bond donors (Lipinski definition) is 1. The molecule has 0 amide bonds. The van der Waals surface area contributed by atoms with Gasteiger partial charge in [-0.3, -0.25) is 13.2 Å². The van der Waals surface area contributed by atoms with E-state index in [-0.39, 0.29) is 0 Å². The molecule has 0 aliphatic carbocycles. The predicted molar refractivity (Wildman–Crippen MR) is 108 cm³/mol. The van der Waals surface area contributed by atoms with Gasteiger partial charge in [0.1, 0.15) is 5.75 Å². The Balaban J connectivity index is 1.64. The number of unbranched alkanes of at least 4 members (excludes halogenated alkanes) is 3. The zero-order valence-corrected chi connectivity index (χ0v) is 16.4. The number of halogens is 1. The van der Waals surface area contributed by atoms with Crippen molar-refractivity contribution in [2.24, 2.45) is 0 Å². The third-order valence-corrected chi connectivity index (χ3v) is 4.63. The molecule has 0 aliphatic rings. The summed E-state index contributed by atoms with van der Waals surface area (Å²) in [5.41, 5.74) is 3.51. The van der Waals surface area contributed by atoms with E-state index < -0.39 is 0 Å². The molecule has 0 fully saturated rings. The van der Waals surface area contributed by atoms with Gasteiger partial charge in [-0.1, -0.05) is 12.8 Å². The summed E-state index contributed by atoms with van der Waals surface area (Å²) in [6.45, 7) is 2.02. The molecule has 0 atom stereocenters. The standard InChI is InChI=1S/C18H22IN5O/c1-25-15-6-7-16-17(10-15)23-18(12-20-16)14-11-22-24(13-14)9-5-3-2-4-8-21-19/h6-7,10-13,21H,2-5,8-9H2,1H3. The molecule has 3 rings (SSSR count). The summed E-state index contributed by atoms with van der Waals surface area (Å²) in [7, 11) is 1.65. The first-order chi connectivity index (χ1) is 12.3. The molecule has 1 N–H and O–H groups in total. The normalized spacial score (nSPS) is 11.1. The number of aromatic nitrogens is 4. The van der Waals surface area contributed by atoms with Crippen LogP contribution in [0.5, 0.6) is 5.75 Å². The maximum Gasteiger partial charge on any atom is 0.121 e. The molecule has 0 saturated carbocycles. The van der Waals surface area contributed by atoms with Crippen molar-refractivity contribution in [3.63, 3.8) is 0 Å². The molecule has 0 radical (unpaired) electrons. The second kappa shape index (κ2) is 9.10. The lowest BCUT2D eigenvalue weighted by molar-refractivity contribution is 0.415. The number of rotatable bonds is 9. The third kappa shape index (κ3) is 4.88. The molecule has 0 spiro atoms. The van der Waals surface area contributed by atoms with Gasteiger partial charge >= 0.3 is 0 Å². The summed E-state index contributed by atoms with van der Waals surface area (Å²) in [5, 5.41) is 4.45. The van der Waals surface area contributed by atoms with Crippen molar-refractivity contribution in [1.82, 2.24) is 23.3 Å². The number of fused-ring (bicyclic) bond motifs is 1. The number of methoxy groups -OCH3 is 1. The van der Waals surface area contributed by atoms with Crippen molar-refractivity contribution >= 4 is 33.9 Å². The molecule has 6 nitrogen and oxygen atoms in total. The van der Waals surface area contributed by atoms with Crippen LogP contribution in [0.2, 0.25) is 0 Å². The van der Waals surface area contributed by atoms with Crippen molar-refractivity contribution in [2.75, 3.05) is 13.7 Å². The minimum absolute atomic E-state index is 0.785. The number of ether oxygens (including phenoxy) is 1. The molecule has 132 valence electrons. The Morgan fingerprint density at radius 1 is 1.12 bits per heavy atom. The molecule has 2 heterocycles. The molecular formula is C18H22IN5O. The monoisotopic (exact) mass is 451 g/mol. The van der Waals surface area contributed by atoms with Gasteiger partial charge in [0, 0.05) is 53.8 Å². The molecule has 25 heavy (non-hydrogen) atoms. The van der Waals surface area contributed by atoms with Crippen LogP contribution in [0.25, 0.3) is 22.3 Å². The Kier molecular flexibility index (Phi) is 6.57. The Hall–Kier alpha value is -1.74. The minimum atomic E-state index is 0.785. The van der Waals surface area contributed by atoms with Gasteiger partial charge in [0.25, 0.3) is 0 Å². The van der Waals surface area contributed by atoms with Gasteiger partial charge in [-0.25, -0.2) is 4.98 Å². The van der Waals surface area contributed by atoms with Gasteiger partial charge in [-0.05, 0) is 25.0 Å². The molecule has 0 bridgehead atoms. The lowest BCUT2D eigenvalue weighted by atomic mass is 10.2. The molecule has 2 aromatic heterocycles. The Morgan fingerprint density at radius 2 is 2.00 bits per heavy atom. The van der Waals surface area contributed by atoms with E-state index in [1.807, 2.05) is 35.3 Å². The fourth-order valence-electron chi connectivity index (χ4n) is 2.69. The van der Waals surface area contributed by atoms with Crippen molar-refractivity contribution in [1.29, 1.82) is 0 Å². The fraction of sp³-hybridized carbons (Fsp3) is 0.389. The van der Waals surface area contributed by atoms with Crippen molar-refractivity contribution < 1.29 is 4.74 Å². The maximum absolute atomic E-state index is 5.26. The highest BCUT2D eigenvalue weighted by atomic mass is 127. The summed E-state index contributed by atoms with van der Waals surface area (Å²) >= 11 is 2.19. The summed E-state index contributed by atoms with van der Waals surface area (Å²) in [6, 6.07) is 5.72. The quantitative estimate of drug-likeness (QED) is 0.303. The largest absolute Gasteiger partial charge is 0.497 e. The van der Waals surface area contributed by atoms with Gasteiger partial charge < -0.3 is 4.74 Å². The van der Waals surface area contributed by atoms with Crippen LogP contribution in [0.3, 0.4) is 0 Å². The highest BCUT2D eigenvalue weighted by Gasteiger charge is 2.06. The van der Waals surface area contributed by atoms with E-state index in [4.69, 9.17) is 9.72 Å². The van der Waals surface area contributed by atoms with Crippen LogP contribution in [0.1, 0.15) is 25.7 Å². The van der Waals surface area contributed by atoms with E-state index in [0.717, 1.165) is 47.6 Å². The summed E-state index contributed by atoms with van der Waals surface area (Å²) in [5.74, 6) is 0.785. The first kappa shape index (κ1) is 18.1. The van der Waals surface area contributed by atoms with Crippen molar-refractivity contribution in [2.45, 2.75) is 32.2 Å². The number of aryl methyl sites for hydroxylation is 1. The SMILES string of the molecule is COc1ccc2ncc(-c3cnn(CCCCCCNI)c3)nc2c1.